The lowest BCUT2D eigenvalue weighted by Crippen LogP contribution is -1.94. The summed E-state index contributed by atoms with van der Waals surface area (Å²) in [5.74, 6) is -3.48. The zero-order chi connectivity index (χ0) is 16.3. The van der Waals surface area contributed by atoms with Crippen LogP contribution in [0.3, 0.4) is 0 Å². The Hall–Kier alpha value is -2.49. The van der Waals surface area contributed by atoms with E-state index in [1.807, 2.05) is 19.1 Å². The summed E-state index contributed by atoms with van der Waals surface area (Å²) in [6.07, 6.45) is 3.31. The number of hydrogen-bond acceptors (Lipinski definition) is 2. The van der Waals surface area contributed by atoms with Crippen LogP contribution >= 0.6 is 0 Å². The number of phenols is 1. The smallest absolute Gasteiger partial charge is 0.201 e. The van der Waals surface area contributed by atoms with Gasteiger partial charge in [0.05, 0.1) is 0 Å². The summed E-state index contributed by atoms with van der Waals surface area (Å²) in [5, 5.41) is 9.67. The first kappa shape index (κ1) is 15.9. The van der Waals surface area contributed by atoms with E-state index in [0.717, 1.165) is 12.0 Å². The highest BCUT2D eigenvalue weighted by Gasteiger charge is 2.18. The minimum Gasteiger partial charge on any atom is -0.504 e. The van der Waals surface area contributed by atoms with Crippen LogP contribution in [0.15, 0.2) is 36.4 Å². The first-order valence-electron chi connectivity index (χ1n) is 6.93. The van der Waals surface area contributed by atoms with Crippen molar-refractivity contribution in [1.29, 1.82) is 0 Å². The number of phenolic OH excluding ortho intramolecular Hbond substituents is 1. The number of hydrogen-bond donors (Lipinski definition) is 1. The van der Waals surface area contributed by atoms with Gasteiger partial charge in [-0.15, -0.1) is 0 Å². The maximum absolute atomic E-state index is 14.1. The van der Waals surface area contributed by atoms with Crippen LogP contribution < -0.4 is 0 Å². The molecule has 0 unspecified atom stereocenters. The molecule has 2 aromatic rings. The van der Waals surface area contributed by atoms with Gasteiger partial charge in [0, 0.05) is 11.1 Å². The number of carbonyl (C=O) groups excluding carboxylic acids is 1. The van der Waals surface area contributed by atoms with E-state index in [1.54, 1.807) is 12.1 Å². The fourth-order valence-electron chi connectivity index (χ4n) is 2.10. The molecule has 0 bridgehead atoms. The molecule has 2 nitrogen and oxygen atoms in total. The molecule has 1 N–H and O–H groups in total. The number of rotatable bonds is 4. The molecule has 0 fully saturated rings. The van der Waals surface area contributed by atoms with E-state index in [0.29, 0.717) is 5.56 Å². The Morgan fingerprint density at radius 1 is 1.18 bits per heavy atom. The Balaban J connectivity index is 2.57. The van der Waals surface area contributed by atoms with Crippen molar-refractivity contribution in [3.63, 3.8) is 0 Å². The lowest BCUT2D eigenvalue weighted by molar-refractivity contribution is -0.112. The molecule has 4 heteroatoms. The molecule has 0 radical (unpaired) electrons. The average molecular weight is 302 g/mol. The summed E-state index contributed by atoms with van der Waals surface area (Å²) >= 11 is 0. The van der Waals surface area contributed by atoms with Gasteiger partial charge in [0.2, 0.25) is 5.82 Å². The predicted molar refractivity (Wildman–Crippen MR) is 82.6 cm³/mol. The molecule has 22 heavy (non-hydrogen) atoms. The molecule has 114 valence electrons. The first-order chi connectivity index (χ1) is 10.4. The summed E-state index contributed by atoms with van der Waals surface area (Å²) in [7, 11) is 0. The summed E-state index contributed by atoms with van der Waals surface area (Å²) in [5.41, 5.74) is 1.69. The summed E-state index contributed by atoms with van der Waals surface area (Å²) in [6, 6.07) is 8.40. The van der Waals surface area contributed by atoms with Crippen LogP contribution in [-0.2, 0) is 11.2 Å². The summed E-state index contributed by atoms with van der Waals surface area (Å²) in [4.78, 5) is 11.0. The molecule has 0 saturated carbocycles. The minimum atomic E-state index is -1.32. The van der Waals surface area contributed by atoms with Crippen LogP contribution in [0.4, 0.5) is 8.78 Å². The first-order valence-corrected chi connectivity index (χ1v) is 6.93. The Bertz CT molecular complexity index is 732. The van der Waals surface area contributed by atoms with Crippen LogP contribution in [0.25, 0.3) is 17.2 Å². The molecule has 0 aliphatic rings. The topological polar surface area (TPSA) is 37.3 Å². The van der Waals surface area contributed by atoms with E-state index in [9.17, 15) is 18.7 Å². The number of ketones is 1. The van der Waals surface area contributed by atoms with E-state index in [1.165, 1.54) is 25.1 Å². The second-order valence-corrected chi connectivity index (χ2v) is 4.98. The molecule has 0 spiro atoms. The van der Waals surface area contributed by atoms with Crippen molar-refractivity contribution < 1.29 is 18.7 Å². The quantitative estimate of drug-likeness (QED) is 0.844. The largest absolute Gasteiger partial charge is 0.504 e. The monoisotopic (exact) mass is 302 g/mol. The van der Waals surface area contributed by atoms with Crippen LogP contribution in [0.5, 0.6) is 5.75 Å². The van der Waals surface area contributed by atoms with Gasteiger partial charge in [-0.25, -0.2) is 4.39 Å². The molecule has 0 aromatic heterocycles. The molecule has 0 heterocycles. The van der Waals surface area contributed by atoms with Crippen molar-refractivity contribution >= 4 is 11.9 Å². The summed E-state index contributed by atoms with van der Waals surface area (Å²) < 4.78 is 27.9. The average Bonchev–Trinajstić information content (AvgIpc) is 2.52. The Labute approximate surface area is 127 Å². The number of aryl methyl sites for hydroxylation is 1. The fourth-order valence-corrected chi connectivity index (χ4v) is 2.10. The SMILES string of the molecule is CCc1ccc(-c2cc(C=CC(C)=O)c(O)c(F)c2F)cc1. The highest BCUT2D eigenvalue weighted by molar-refractivity contribution is 5.92. The predicted octanol–water partition coefficient (Wildman–Crippen LogP) is 4.50. The van der Waals surface area contributed by atoms with Crippen molar-refractivity contribution in [2.75, 3.05) is 0 Å². The van der Waals surface area contributed by atoms with Gasteiger partial charge in [0.25, 0.3) is 0 Å². The van der Waals surface area contributed by atoms with Gasteiger partial charge in [0.1, 0.15) is 0 Å². The van der Waals surface area contributed by atoms with Gasteiger partial charge in [-0.05, 0) is 42.7 Å². The van der Waals surface area contributed by atoms with Crippen molar-refractivity contribution in [2.24, 2.45) is 0 Å². The van der Waals surface area contributed by atoms with Gasteiger partial charge >= 0.3 is 0 Å². The lowest BCUT2D eigenvalue weighted by atomic mass is 9.99. The molecule has 0 aliphatic carbocycles. The molecule has 0 amide bonds. The lowest BCUT2D eigenvalue weighted by Gasteiger charge is -2.09. The normalized spacial score (nSPS) is 11.1. The van der Waals surface area contributed by atoms with Gasteiger partial charge in [0.15, 0.2) is 17.3 Å². The van der Waals surface area contributed by atoms with E-state index in [2.05, 4.69) is 0 Å². The van der Waals surface area contributed by atoms with Gasteiger partial charge in [-0.2, -0.15) is 4.39 Å². The molecule has 2 rings (SSSR count). The van der Waals surface area contributed by atoms with Crippen LogP contribution in [-0.4, -0.2) is 10.9 Å². The number of carbonyl (C=O) groups is 1. The highest BCUT2D eigenvalue weighted by Crippen LogP contribution is 2.33. The van der Waals surface area contributed by atoms with Crippen molar-refractivity contribution in [3.8, 4) is 16.9 Å². The number of benzene rings is 2. The van der Waals surface area contributed by atoms with Crippen molar-refractivity contribution in [3.05, 3.63) is 59.2 Å². The highest BCUT2D eigenvalue weighted by atomic mass is 19.2. The number of aromatic hydroxyl groups is 1. The van der Waals surface area contributed by atoms with Gasteiger partial charge in [-0.3, -0.25) is 4.79 Å². The van der Waals surface area contributed by atoms with Crippen molar-refractivity contribution in [1.82, 2.24) is 0 Å². The molecule has 2 aromatic carbocycles. The van der Waals surface area contributed by atoms with Gasteiger partial charge < -0.3 is 5.11 Å². The number of halogens is 2. The fraction of sp³-hybridized carbons (Fsp3) is 0.167. The molecular weight excluding hydrogens is 286 g/mol. The zero-order valence-corrected chi connectivity index (χ0v) is 12.4. The molecule has 0 saturated heterocycles. The van der Waals surface area contributed by atoms with E-state index >= 15 is 0 Å². The van der Waals surface area contributed by atoms with Crippen LogP contribution in [0.2, 0.25) is 0 Å². The number of allylic oxidation sites excluding steroid dienone is 1. The maximum atomic E-state index is 14.1. The van der Waals surface area contributed by atoms with E-state index in [-0.39, 0.29) is 16.9 Å². The summed E-state index contributed by atoms with van der Waals surface area (Å²) in [6.45, 7) is 3.33. The second-order valence-electron chi connectivity index (χ2n) is 4.98. The molecular formula is C18H16F2O2. The third-order valence-corrected chi connectivity index (χ3v) is 3.38. The standard InChI is InChI=1S/C18H16F2O2/c1-3-12-5-8-13(9-6-12)15-10-14(7-4-11(2)21)18(22)17(20)16(15)19/h4-10,22H,3H2,1-2H3. The maximum Gasteiger partial charge on any atom is 0.201 e. The Kier molecular flexibility index (Phi) is 4.71. The second kappa shape index (κ2) is 6.52. The third-order valence-electron chi connectivity index (χ3n) is 3.38. The van der Waals surface area contributed by atoms with Crippen LogP contribution in [0, 0.1) is 11.6 Å². The molecule has 0 aliphatic heterocycles. The van der Waals surface area contributed by atoms with Crippen LogP contribution in [0.1, 0.15) is 25.0 Å². The zero-order valence-electron chi connectivity index (χ0n) is 12.4. The third kappa shape index (κ3) is 3.22. The Morgan fingerprint density at radius 2 is 1.82 bits per heavy atom. The minimum absolute atomic E-state index is 0.0427. The Morgan fingerprint density at radius 3 is 2.36 bits per heavy atom. The molecule has 0 atom stereocenters. The van der Waals surface area contributed by atoms with Gasteiger partial charge in [-0.1, -0.05) is 31.2 Å². The van der Waals surface area contributed by atoms with E-state index in [4.69, 9.17) is 0 Å². The van der Waals surface area contributed by atoms with Crippen molar-refractivity contribution in [2.45, 2.75) is 20.3 Å². The van der Waals surface area contributed by atoms with E-state index < -0.39 is 17.4 Å².